The van der Waals surface area contributed by atoms with Crippen LogP contribution >= 0.6 is 11.8 Å². The molecule has 0 heterocycles. The molecule has 0 aliphatic rings. The third kappa shape index (κ3) is 5.31. The van der Waals surface area contributed by atoms with Crippen LogP contribution in [0, 0.1) is 15.5 Å². The normalized spacial score (nSPS) is 11.5. The first-order valence-corrected chi connectivity index (χ1v) is 8.14. The summed E-state index contributed by atoms with van der Waals surface area (Å²) in [4.78, 5) is 25.4. The number of carbonyl (C=O) groups excluding carboxylic acids is 1. The van der Waals surface area contributed by atoms with E-state index >= 15 is 0 Å². The molecule has 6 nitrogen and oxygen atoms in total. The van der Waals surface area contributed by atoms with Crippen LogP contribution in [0.3, 0.4) is 0 Å². The monoisotopic (exact) mass is 325 g/mol. The van der Waals surface area contributed by atoms with E-state index in [0.717, 1.165) is 6.54 Å². The van der Waals surface area contributed by atoms with E-state index in [2.05, 4.69) is 24.1 Å². The van der Waals surface area contributed by atoms with Crippen molar-refractivity contribution < 1.29 is 9.72 Å². The summed E-state index contributed by atoms with van der Waals surface area (Å²) in [6, 6.07) is 4.57. The number of thioether (sulfide) groups is 1. The van der Waals surface area contributed by atoms with Gasteiger partial charge >= 0.3 is 0 Å². The van der Waals surface area contributed by atoms with Crippen molar-refractivity contribution in [1.82, 2.24) is 10.2 Å². The molecule has 0 unspecified atom stereocenters. The van der Waals surface area contributed by atoms with Gasteiger partial charge in [0.05, 0.1) is 9.82 Å². The van der Waals surface area contributed by atoms with Gasteiger partial charge in [0.25, 0.3) is 11.6 Å². The third-order valence-electron chi connectivity index (χ3n) is 3.11. The molecule has 1 aromatic rings. The van der Waals surface area contributed by atoms with E-state index in [4.69, 9.17) is 0 Å². The molecule has 0 aromatic heterocycles. The number of nitrogens with one attached hydrogen (secondary N) is 1. The largest absolute Gasteiger partial charge is 0.351 e. The molecule has 0 fully saturated rings. The highest BCUT2D eigenvalue weighted by Gasteiger charge is 2.21. The first kappa shape index (κ1) is 18.4. The molecular weight excluding hydrogens is 302 g/mol. The Morgan fingerprint density at radius 1 is 1.41 bits per heavy atom. The molecule has 22 heavy (non-hydrogen) atoms. The average molecular weight is 325 g/mol. The molecule has 0 atom stereocenters. The SMILES string of the molecule is CSc1ccc(C(=O)NCC(C)(C)CN(C)C)cc1[N+](=O)[O-]. The number of hydrogen-bond donors (Lipinski definition) is 1. The number of benzene rings is 1. The van der Waals surface area contributed by atoms with E-state index in [9.17, 15) is 14.9 Å². The summed E-state index contributed by atoms with van der Waals surface area (Å²) in [6.07, 6.45) is 1.77. The van der Waals surface area contributed by atoms with Crippen LogP contribution in [0.5, 0.6) is 0 Å². The smallest absolute Gasteiger partial charge is 0.283 e. The molecule has 0 aliphatic heterocycles. The van der Waals surface area contributed by atoms with Crippen LogP contribution in [0.1, 0.15) is 24.2 Å². The van der Waals surface area contributed by atoms with E-state index in [1.807, 2.05) is 14.1 Å². The van der Waals surface area contributed by atoms with Gasteiger partial charge in [-0.25, -0.2) is 0 Å². The number of nitro benzene ring substituents is 1. The maximum atomic E-state index is 12.2. The van der Waals surface area contributed by atoms with Crippen molar-refractivity contribution in [3.8, 4) is 0 Å². The minimum atomic E-state index is -0.460. The van der Waals surface area contributed by atoms with Crippen LogP contribution in [0.4, 0.5) is 5.69 Å². The number of hydrogen-bond acceptors (Lipinski definition) is 5. The molecular formula is C15H23N3O3S. The minimum Gasteiger partial charge on any atom is -0.351 e. The molecule has 1 aromatic carbocycles. The highest BCUT2D eigenvalue weighted by molar-refractivity contribution is 7.98. The molecule has 0 saturated heterocycles. The summed E-state index contributed by atoms with van der Waals surface area (Å²) in [5.41, 5.74) is 0.197. The van der Waals surface area contributed by atoms with Crippen molar-refractivity contribution in [2.75, 3.05) is 33.4 Å². The molecule has 122 valence electrons. The van der Waals surface area contributed by atoms with Gasteiger partial charge in [-0.15, -0.1) is 11.8 Å². The van der Waals surface area contributed by atoms with Crippen LogP contribution in [-0.2, 0) is 0 Å². The van der Waals surface area contributed by atoms with E-state index in [0.29, 0.717) is 17.0 Å². The van der Waals surface area contributed by atoms with Crippen LogP contribution < -0.4 is 5.32 Å². The van der Waals surface area contributed by atoms with Gasteiger partial charge in [-0.05, 0) is 37.9 Å². The Morgan fingerprint density at radius 3 is 2.55 bits per heavy atom. The van der Waals surface area contributed by atoms with Crippen LogP contribution in [0.2, 0.25) is 0 Å². The molecule has 0 spiro atoms. The summed E-state index contributed by atoms with van der Waals surface area (Å²) in [5, 5.41) is 13.9. The number of carbonyl (C=O) groups is 1. The average Bonchev–Trinajstić information content (AvgIpc) is 2.42. The lowest BCUT2D eigenvalue weighted by Gasteiger charge is -2.28. The van der Waals surface area contributed by atoms with Crippen molar-refractivity contribution in [3.63, 3.8) is 0 Å². The molecule has 1 rings (SSSR count). The van der Waals surface area contributed by atoms with Gasteiger partial charge in [-0.1, -0.05) is 13.8 Å². The molecule has 0 radical (unpaired) electrons. The van der Waals surface area contributed by atoms with Crippen LogP contribution in [0.25, 0.3) is 0 Å². The maximum absolute atomic E-state index is 12.2. The number of rotatable bonds is 7. The number of nitrogens with zero attached hydrogens (tertiary/aromatic N) is 2. The molecule has 0 saturated carbocycles. The Kier molecular flexibility index (Phi) is 6.37. The van der Waals surface area contributed by atoms with Crippen LogP contribution in [-0.4, -0.2) is 49.2 Å². The summed E-state index contributed by atoms with van der Waals surface area (Å²) in [7, 11) is 3.96. The van der Waals surface area contributed by atoms with E-state index in [1.54, 1.807) is 18.4 Å². The van der Waals surface area contributed by atoms with Gasteiger partial charge in [0.15, 0.2) is 0 Å². The fourth-order valence-corrected chi connectivity index (χ4v) is 2.85. The van der Waals surface area contributed by atoms with Gasteiger partial charge < -0.3 is 10.2 Å². The summed E-state index contributed by atoms with van der Waals surface area (Å²) < 4.78 is 0. The van der Waals surface area contributed by atoms with Gasteiger partial charge in [0.1, 0.15) is 0 Å². The zero-order valence-electron chi connectivity index (χ0n) is 13.7. The zero-order chi connectivity index (χ0) is 16.9. The molecule has 1 amide bonds. The van der Waals surface area contributed by atoms with Crippen molar-refractivity contribution in [1.29, 1.82) is 0 Å². The first-order chi connectivity index (χ1) is 10.2. The summed E-state index contributed by atoms with van der Waals surface area (Å²) in [5.74, 6) is -0.289. The third-order valence-corrected chi connectivity index (χ3v) is 3.89. The summed E-state index contributed by atoms with van der Waals surface area (Å²) >= 11 is 1.29. The zero-order valence-corrected chi connectivity index (χ0v) is 14.5. The quantitative estimate of drug-likeness (QED) is 0.474. The standard InChI is InChI=1S/C15H23N3O3S/c1-15(2,10-17(3)4)9-16-14(19)11-6-7-13(22-5)12(8-11)18(20)21/h6-8H,9-10H2,1-5H3,(H,16,19). The molecule has 0 aliphatic carbocycles. The lowest BCUT2D eigenvalue weighted by Crippen LogP contribution is -2.39. The topological polar surface area (TPSA) is 75.5 Å². The summed E-state index contributed by atoms with van der Waals surface area (Å²) in [6.45, 7) is 5.46. The second kappa shape index (κ2) is 7.60. The van der Waals surface area contributed by atoms with Gasteiger partial charge in [0, 0.05) is 24.7 Å². The highest BCUT2D eigenvalue weighted by Crippen LogP contribution is 2.28. The Labute approximate surface area is 135 Å². The van der Waals surface area contributed by atoms with Crippen molar-refractivity contribution in [2.45, 2.75) is 18.7 Å². The maximum Gasteiger partial charge on any atom is 0.283 e. The Balaban J connectivity index is 2.82. The second-order valence-corrected chi connectivity index (χ2v) is 7.08. The number of amides is 1. The Hall–Kier alpha value is -1.60. The van der Waals surface area contributed by atoms with E-state index in [1.165, 1.54) is 17.8 Å². The lowest BCUT2D eigenvalue weighted by molar-refractivity contribution is -0.387. The van der Waals surface area contributed by atoms with Gasteiger partial charge in [-0.2, -0.15) is 0 Å². The molecule has 1 N–H and O–H groups in total. The predicted octanol–water partition coefficient (Wildman–Crippen LogP) is 2.63. The minimum absolute atomic E-state index is 0.0345. The van der Waals surface area contributed by atoms with Crippen LogP contribution in [0.15, 0.2) is 23.1 Å². The van der Waals surface area contributed by atoms with Gasteiger partial charge in [-0.3, -0.25) is 14.9 Å². The molecule has 7 heteroatoms. The fourth-order valence-electron chi connectivity index (χ4n) is 2.31. The predicted molar refractivity (Wildman–Crippen MR) is 89.5 cm³/mol. The Bertz CT molecular complexity index is 559. The van der Waals surface area contributed by atoms with E-state index in [-0.39, 0.29) is 17.0 Å². The second-order valence-electron chi connectivity index (χ2n) is 6.23. The fraction of sp³-hybridized carbons (Fsp3) is 0.533. The van der Waals surface area contributed by atoms with Crippen molar-refractivity contribution >= 4 is 23.4 Å². The van der Waals surface area contributed by atoms with Crippen molar-refractivity contribution in [2.24, 2.45) is 5.41 Å². The van der Waals surface area contributed by atoms with Crippen molar-refractivity contribution in [3.05, 3.63) is 33.9 Å². The Morgan fingerprint density at radius 2 is 2.05 bits per heavy atom. The van der Waals surface area contributed by atoms with Gasteiger partial charge in [0.2, 0.25) is 0 Å². The van der Waals surface area contributed by atoms with E-state index < -0.39 is 4.92 Å². The number of nitro groups is 1. The first-order valence-electron chi connectivity index (χ1n) is 6.91. The highest BCUT2D eigenvalue weighted by atomic mass is 32.2. The lowest BCUT2D eigenvalue weighted by atomic mass is 9.93. The molecule has 0 bridgehead atoms.